The highest BCUT2D eigenvalue weighted by molar-refractivity contribution is 7.99. The maximum Gasteiger partial charge on any atom is 0.247 e. The molecule has 0 atom stereocenters. The van der Waals surface area contributed by atoms with E-state index < -0.39 is 0 Å². The van der Waals surface area contributed by atoms with Crippen molar-refractivity contribution in [2.24, 2.45) is 5.73 Å². The molecule has 3 rings (SSSR count). The summed E-state index contributed by atoms with van der Waals surface area (Å²) in [6.07, 6.45) is 0. The molecule has 136 valence electrons. The smallest absolute Gasteiger partial charge is 0.247 e. The van der Waals surface area contributed by atoms with Crippen molar-refractivity contribution in [1.82, 2.24) is 0 Å². The molecule has 0 saturated heterocycles. The van der Waals surface area contributed by atoms with E-state index in [1.807, 2.05) is 24.3 Å². The molecule has 1 aliphatic rings. The minimum atomic E-state index is -0.314. The largest absolute Gasteiger partial charge is 0.497 e. The number of anilines is 2. The second-order valence-corrected chi connectivity index (χ2v) is 6.88. The van der Waals surface area contributed by atoms with E-state index in [0.29, 0.717) is 18.0 Å². The Balaban J connectivity index is 1.86. The Bertz CT molecular complexity index is 812. The fraction of sp³-hybridized carbons (Fsp3) is 0.263. The van der Waals surface area contributed by atoms with Gasteiger partial charge in [0, 0.05) is 28.9 Å². The summed E-state index contributed by atoms with van der Waals surface area (Å²) in [6, 6.07) is 14.9. The molecule has 0 spiro atoms. The van der Waals surface area contributed by atoms with E-state index in [2.05, 4.69) is 0 Å². The molecule has 6 nitrogen and oxygen atoms in total. The van der Waals surface area contributed by atoms with E-state index in [1.165, 1.54) is 4.90 Å². The standard InChI is InChI=1S/C19H21N3O3S/c1-25-15-6-4-5-14(11-15)22(18(23)12-20)13-19(24)21-9-10-26-17-8-3-2-7-16(17)21/h2-8,11H,9-10,12-13,20H2,1H3. The molecule has 1 aliphatic heterocycles. The van der Waals surface area contributed by atoms with Crippen LogP contribution in [0.1, 0.15) is 0 Å². The van der Waals surface area contributed by atoms with Crippen LogP contribution < -0.4 is 20.3 Å². The van der Waals surface area contributed by atoms with Crippen LogP contribution in [0.4, 0.5) is 11.4 Å². The van der Waals surface area contributed by atoms with Gasteiger partial charge in [0.25, 0.3) is 0 Å². The highest BCUT2D eigenvalue weighted by Crippen LogP contribution is 2.34. The van der Waals surface area contributed by atoms with Gasteiger partial charge >= 0.3 is 0 Å². The van der Waals surface area contributed by atoms with Gasteiger partial charge in [0.2, 0.25) is 11.8 Å². The summed E-state index contributed by atoms with van der Waals surface area (Å²) in [5.74, 6) is 0.991. The summed E-state index contributed by atoms with van der Waals surface area (Å²) in [4.78, 5) is 29.6. The van der Waals surface area contributed by atoms with Crippen molar-refractivity contribution in [3.63, 3.8) is 0 Å². The maximum atomic E-state index is 13.0. The van der Waals surface area contributed by atoms with Gasteiger partial charge in [-0.25, -0.2) is 0 Å². The maximum absolute atomic E-state index is 13.0. The highest BCUT2D eigenvalue weighted by Gasteiger charge is 2.26. The lowest BCUT2D eigenvalue weighted by atomic mass is 10.2. The number of nitrogens with two attached hydrogens (primary N) is 1. The van der Waals surface area contributed by atoms with E-state index in [-0.39, 0.29) is 24.9 Å². The third-order valence-electron chi connectivity index (χ3n) is 4.16. The lowest BCUT2D eigenvalue weighted by Crippen LogP contribution is -2.46. The summed E-state index contributed by atoms with van der Waals surface area (Å²) in [5.41, 5.74) is 7.04. The van der Waals surface area contributed by atoms with E-state index >= 15 is 0 Å². The average molecular weight is 371 g/mol. The molecule has 0 unspecified atom stereocenters. The van der Waals surface area contributed by atoms with Crippen LogP contribution in [0.2, 0.25) is 0 Å². The Labute approximate surface area is 156 Å². The van der Waals surface area contributed by atoms with Gasteiger partial charge in [0.1, 0.15) is 12.3 Å². The van der Waals surface area contributed by atoms with Crippen LogP contribution in [0.25, 0.3) is 0 Å². The molecular formula is C19H21N3O3S. The summed E-state index contributed by atoms with van der Waals surface area (Å²) in [5, 5.41) is 0. The first kappa shape index (κ1) is 18.3. The van der Waals surface area contributed by atoms with E-state index in [4.69, 9.17) is 10.5 Å². The molecule has 26 heavy (non-hydrogen) atoms. The molecule has 0 saturated carbocycles. The predicted octanol–water partition coefficient (Wildman–Crippen LogP) is 2.13. The van der Waals surface area contributed by atoms with Crippen LogP contribution >= 0.6 is 11.8 Å². The number of nitrogens with zero attached hydrogens (tertiary/aromatic N) is 2. The number of para-hydroxylation sites is 1. The minimum Gasteiger partial charge on any atom is -0.497 e. The molecule has 2 amide bonds. The SMILES string of the molecule is COc1cccc(N(CC(=O)N2CCSc3ccccc32)C(=O)CN)c1. The molecule has 2 N–H and O–H groups in total. The predicted molar refractivity (Wildman–Crippen MR) is 104 cm³/mol. The highest BCUT2D eigenvalue weighted by atomic mass is 32.2. The molecule has 0 aliphatic carbocycles. The second-order valence-electron chi connectivity index (χ2n) is 5.75. The van der Waals surface area contributed by atoms with Crippen LogP contribution in [0.5, 0.6) is 5.75 Å². The van der Waals surface area contributed by atoms with Gasteiger partial charge in [0.15, 0.2) is 0 Å². The van der Waals surface area contributed by atoms with Crippen LogP contribution in [-0.4, -0.2) is 44.3 Å². The second kappa shape index (κ2) is 8.25. The first-order chi connectivity index (χ1) is 12.6. The minimum absolute atomic E-state index is 0.0673. The van der Waals surface area contributed by atoms with Crippen LogP contribution in [0.15, 0.2) is 53.4 Å². The first-order valence-electron chi connectivity index (χ1n) is 8.30. The topological polar surface area (TPSA) is 75.9 Å². The zero-order valence-electron chi connectivity index (χ0n) is 14.6. The number of ether oxygens (including phenoxy) is 1. The zero-order chi connectivity index (χ0) is 18.5. The fourth-order valence-corrected chi connectivity index (χ4v) is 3.86. The van der Waals surface area contributed by atoms with Gasteiger partial charge in [-0.1, -0.05) is 18.2 Å². The number of benzene rings is 2. The van der Waals surface area contributed by atoms with Crippen molar-refractivity contribution in [3.8, 4) is 5.75 Å². The number of thioether (sulfide) groups is 1. The van der Waals surface area contributed by atoms with Gasteiger partial charge in [-0.05, 0) is 24.3 Å². The molecule has 0 bridgehead atoms. The molecule has 0 radical (unpaired) electrons. The van der Waals surface area contributed by atoms with Gasteiger partial charge in [-0.15, -0.1) is 11.8 Å². The summed E-state index contributed by atoms with van der Waals surface area (Å²) < 4.78 is 5.22. The van der Waals surface area contributed by atoms with Gasteiger partial charge in [-0.2, -0.15) is 0 Å². The number of rotatable bonds is 5. The third kappa shape index (κ3) is 3.84. The fourth-order valence-electron chi connectivity index (χ4n) is 2.86. The number of fused-ring (bicyclic) bond motifs is 1. The quantitative estimate of drug-likeness (QED) is 0.871. The van der Waals surface area contributed by atoms with Crippen LogP contribution in [0, 0.1) is 0 Å². The average Bonchev–Trinajstić information content (AvgIpc) is 2.70. The molecule has 7 heteroatoms. The number of amides is 2. The zero-order valence-corrected chi connectivity index (χ0v) is 15.4. The van der Waals surface area contributed by atoms with E-state index in [0.717, 1.165) is 16.3 Å². The summed E-state index contributed by atoms with van der Waals surface area (Å²) in [7, 11) is 1.56. The van der Waals surface area contributed by atoms with Crippen molar-refractivity contribution in [3.05, 3.63) is 48.5 Å². The van der Waals surface area contributed by atoms with E-state index in [9.17, 15) is 9.59 Å². The Morgan fingerprint density at radius 2 is 2.04 bits per heavy atom. The Kier molecular flexibility index (Phi) is 5.80. The van der Waals surface area contributed by atoms with Gasteiger partial charge < -0.3 is 20.3 Å². The number of carbonyl (C=O) groups excluding carboxylic acids is 2. The first-order valence-corrected chi connectivity index (χ1v) is 9.29. The van der Waals surface area contributed by atoms with Crippen molar-refractivity contribution in [2.45, 2.75) is 4.90 Å². The Morgan fingerprint density at radius 3 is 2.81 bits per heavy atom. The molecular weight excluding hydrogens is 350 g/mol. The lowest BCUT2D eigenvalue weighted by Gasteiger charge is -2.31. The van der Waals surface area contributed by atoms with Crippen LogP contribution in [-0.2, 0) is 9.59 Å². The monoisotopic (exact) mass is 371 g/mol. The number of methoxy groups -OCH3 is 1. The molecule has 2 aromatic carbocycles. The van der Waals surface area contributed by atoms with Crippen molar-refractivity contribution < 1.29 is 14.3 Å². The molecule has 0 fully saturated rings. The lowest BCUT2D eigenvalue weighted by molar-refractivity contribution is -0.121. The summed E-state index contributed by atoms with van der Waals surface area (Å²) in [6.45, 7) is 0.377. The van der Waals surface area contributed by atoms with Crippen molar-refractivity contribution in [2.75, 3.05) is 42.3 Å². The number of hydrogen-bond acceptors (Lipinski definition) is 5. The Morgan fingerprint density at radius 1 is 1.23 bits per heavy atom. The molecule has 2 aromatic rings. The van der Waals surface area contributed by atoms with Gasteiger partial charge in [-0.3, -0.25) is 9.59 Å². The van der Waals surface area contributed by atoms with Crippen molar-refractivity contribution >= 4 is 35.0 Å². The number of hydrogen-bond donors (Lipinski definition) is 1. The third-order valence-corrected chi connectivity index (χ3v) is 5.21. The van der Waals surface area contributed by atoms with E-state index in [1.54, 1.807) is 48.0 Å². The van der Waals surface area contributed by atoms with Gasteiger partial charge in [0.05, 0.1) is 19.3 Å². The summed E-state index contributed by atoms with van der Waals surface area (Å²) >= 11 is 1.73. The molecule has 0 aromatic heterocycles. The Hall–Kier alpha value is -2.51. The normalized spacial score (nSPS) is 13.1. The number of carbonyl (C=O) groups is 2. The van der Waals surface area contributed by atoms with Crippen LogP contribution in [0.3, 0.4) is 0 Å². The van der Waals surface area contributed by atoms with Crippen molar-refractivity contribution in [1.29, 1.82) is 0 Å². The molecule has 1 heterocycles.